The van der Waals surface area contributed by atoms with Crippen LogP contribution in [-0.4, -0.2) is 44.7 Å². The molecule has 2 unspecified atom stereocenters. The lowest BCUT2D eigenvalue weighted by Gasteiger charge is -2.16. The fourth-order valence-electron chi connectivity index (χ4n) is 2.19. The van der Waals surface area contributed by atoms with Gasteiger partial charge < -0.3 is 19.3 Å². The van der Waals surface area contributed by atoms with Crippen molar-refractivity contribution in [1.29, 1.82) is 0 Å². The molecule has 1 aliphatic rings. The largest absolute Gasteiger partial charge is 0.386 e. The van der Waals surface area contributed by atoms with Gasteiger partial charge in [-0.15, -0.1) is 0 Å². The van der Waals surface area contributed by atoms with E-state index < -0.39 is 6.10 Å². The van der Waals surface area contributed by atoms with E-state index >= 15 is 0 Å². The lowest BCUT2D eigenvalue weighted by molar-refractivity contribution is -0.0518. The normalized spacial score (nSPS) is 22.1. The molecule has 0 amide bonds. The number of hydrogen-bond acceptors (Lipinski definition) is 4. The number of methoxy groups -OCH3 is 1. The van der Waals surface area contributed by atoms with E-state index in [1.54, 1.807) is 7.11 Å². The van der Waals surface area contributed by atoms with E-state index in [4.69, 9.17) is 14.2 Å². The molecule has 4 nitrogen and oxygen atoms in total. The Morgan fingerprint density at radius 3 is 2.72 bits per heavy atom. The number of benzene rings is 1. The summed E-state index contributed by atoms with van der Waals surface area (Å²) < 4.78 is 15.9. The molecule has 2 atom stereocenters. The van der Waals surface area contributed by atoms with Crippen LogP contribution in [0.2, 0.25) is 0 Å². The highest BCUT2D eigenvalue weighted by molar-refractivity contribution is 5.35. The first kappa shape index (κ1) is 13.5. The van der Waals surface area contributed by atoms with Crippen molar-refractivity contribution in [3.05, 3.63) is 35.4 Å². The Hall–Kier alpha value is -0.940. The minimum absolute atomic E-state index is 0.145. The lowest BCUT2D eigenvalue weighted by atomic mass is 10.1. The molecule has 0 saturated carbocycles. The van der Waals surface area contributed by atoms with E-state index in [9.17, 15) is 5.11 Å². The van der Waals surface area contributed by atoms with Crippen LogP contribution in [-0.2, 0) is 20.6 Å². The molecular weight excluding hydrogens is 232 g/mol. The van der Waals surface area contributed by atoms with Crippen LogP contribution in [0.15, 0.2) is 24.3 Å². The summed E-state index contributed by atoms with van der Waals surface area (Å²) in [5.74, 6) is 0. The quantitative estimate of drug-likeness (QED) is 0.744. The van der Waals surface area contributed by atoms with Crippen LogP contribution >= 0.6 is 0 Å². The van der Waals surface area contributed by atoms with Crippen LogP contribution in [0.5, 0.6) is 0 Å². The van der Waals surface area contributed by atoms with Crippen molar-refractivity contribution in [1.82, 2.24) is 0 Å². The molecule has 1 aromatic rings. The van der Waals surface area contributed by atoms with Crippen molar-refractivity contribution in [3.8, 4) is 0 Å². The maximum atomic E-state index is 10.1. The summed E-state index contributed by atoms with van der Waals surface area (Å²) in [4.78, 5) is 0. The van der Waals surface area contributed by atoms with Gasteiger partial charge in [0.2, 0.25) is 0 Å². The van der Waals surface area contributed by atoms with Crippen molar-refractivity contribution in [2.75, 3.05) is 33.5 Å². The van der Waals surface area contributed by atoms with E-state index in [2.05, 4.69) is 0 Å². The third-order valence-electron chi connectivity index (χ3n) is 3.14. The first-order valence-electron chi connectivity index (χ1n) is 6.27. The van der Waals surface area contributed by atoms with Crippen molar-refractivity contribution in [2.24, 2.45) is 0 Å². The zero-order valence-electron chi connectivity index (χ0n) is 10.7. The summed E-state index contributed by atoms with van der Waals surface area (Å²) in [6.45, 7) is 2.20. The highest BCUT2D eigenvalue weighted by Gasteiger charge is 2.30. The van der Waals surface area contributed by atoms with Gasteiger partial charge in [-0.3, -0.25) is 0 Å². The molecule has 18 heavy (non-hydrogen) atoms. The summed E-state index contributed by atoms with van der Waals surface area (Å²) in [5, 5.41) is 10.1. The van der Waals surface area contributed by atoms with Gasteiger partial charge in [0.15, 0.2) is 0 Å². The van der Waals surface area contributed by atoms with Gasteiger partial charge >= 0.3 is 0 Å². The van der Waals surface area contributed by atoms with Gasteiger partial charge in [-0.25, -0.2) is 0 Å². The fraction of sp³-hybridized carbons (Fsp3) is 0.571. The Balaban J connectivity index is 1.70. The summed E-state index contributed by atoms with van der Waals surface area (Å²) in [5.41, 5.74) is 2.16. The van der Waals surface area contributed by atoms with E-state index in [1.165, 1.54) is 5.56 Å². The van der Waals surface area contributed by atoms with Crippen LogP contribution in [0.3, 0.4) is 0 Å². The SMILES string of the molecule is COCCOCCOC1Cc2ccccc2C1O. The molecule has 0 heterocycles. The second-order valence-electron chi connectivity index (χ2n) is 4.36. The van der Waals surface area contributed by atoms with Crippen LogP contribution in [0.1, 0.15) is 17.2 Å². The fourth-order valence-corrected chi connectivity index (χ4v) is 2.19. The number of hydrogen-bond donors (Lipinski definition) is 1. The standard InChI is InChI=1S/C14H20O4/c1-16-6-7-17-8-9-18-13-10-11-4-2-3-5-12(11)14(13)15/h2-5,13-15H,6-10H2,1H3. The van der Waals surface area contributed by atoms with Gasteiger partial charge in [0, 0.05) is 13.5 Å². The van der Waals surface area contributed by atoms with Gasteiger partial charge in [0.1, 0.15) is 6.10 Å². The van der Waals surface area contributed by atoms with Crippen molar-refractivity contribution in [3.63, 3.8) is 0 Å². The van der Waals surface area contributed by atoms with Gasteiger partial charge in [0.25, 0.3) is 0 Å². The Bertz CT molecular complexity index is 367. The van der Waals surface area contributed by atoms with E-state index in [-0.39, 0.29) is 6.10 Å². The van der Waals surface area contributed by atoms with E-state index in [0.717, 1.165) is 12.0 Å². The van der Waals surface area contributed by atoms with Gasteiger partial charge in [0.05, 0.1) is 32.5 Å². The molecule has 0 radical (unpaired) electrons. The van der Waals surface area contributed by atoms with Crippen LogP contribution in [0, 0.1) is 0 Å². The lowest BCUT2D eigenvalue weighted by Crippen LogP contribution is -2.21. The van der Waals surface area contributed by atoms with Gasteiger partial charge in [-0.1, -0.05) is 24.3 Å². The molecular formula is C14H20O4. The maximum Gasteiger partial charge on any atom is 0.106 e. The molecule has 1 aromatic carbocycles. The van der Waals surface area contributed by atoms with Gasteiger partial charge in [-0.05, 0) is 11.1 Å². The molecule has 0 aromatic heterocycles. The minimum Gasteiger partial charge on any atom is -0.386 e. The van der Waals surface area contributed by atoms with Gasteiger partial charge in [-0.2, -0.15) is 0 Å². The number of aliphatic hydroxyl groups is 1. The average molecular weight is 252 g/mol. The minimum atomic E-state index is -0.514. The Kier molecular flexibility index (Phi) is 5.13. The molecule has 4 heteroatoms. The Morgan fingerprint density at radius 1 is 1.17 bits per heavy atom. The predicted molar refractivity (Wildman–Crippen MR) is 67.5 cm³/mol. The molecule has 1 aliphatic carbocycles. The topological polar surface area (TPSA) is 47.9 Å². The molecule has 0 spiro atoms. The maximum absolute atomic E-state index is 10.1. The Labute approximate surface area is 107 Å². The number of aliphatic hydroxyl groups excluding tert-OH is 1. The molecule has 0 aliphatic heterocycles. The molecule has 0 fully saturated rings. The monoisotopic (exact) mass is 252 g/mol. The molecule has 100 valence electrons. The highest BCUT2D eigenvalue weighted by Crippen LogP contribution is 2.32. The third kappa shape index (κ3) is 3.29. The van der Waals surface area contributed by atoms with Crippen molar-refractivity contribution in [2.45, 2.75) is 18.6 Å². The highest BCUT2D eigenvalue weighted by atomic mass is 16.5. The number of fused-ring (bicyclic) bond motifs is 1. The number of rotatable bonds is 7. The summed E-state index contributed by atoms with van der Waals surface area (Å²) >= 11 is 0. The average Bonchev–Trinajstić information content (AvgIpc) is 2.71. The molecule has 0 bridgehead atoms. The summed E-state index contributed by atoms with van der Waals surface area (Å²) in [6.07, 6.45) is 0.115. The molecule has 1 N–H and O–H groups in total. The second-order valence-corrected chi connectivity index (χ2v) is 4.36. The van der Waals surface area contributed by atoms with E-state index in [0.29, 0.717) is 26.4 Å². The number of ether oxygens (including phenoxy) is 3. The molecule has 0 saturated heterocycles. The van der Waals surface area contributed by atoms with Crippen LogP contribution in [0.25, 0.3) is 0 Å². The first-order valence-corrected chi connectivity index (χ1v) is 6.27. The van der Waals surface area contributed by atoms with E-state index in [1.807, 2.05) is 24.3 Å². The van der Waals surface area contributed by atoms with Crippen molar-refractivity contribution < 1.29 is 19.3 Å². The second kappa shape index (κ2) is 6.85. The summed E-state index contributed by atoms with van der Waals surface area (Å²) in [7, 11) is 1.64. The Morgan fingerprint density at radius 2 is 1.94 bits per heavy atom. The zero-order chi connectivity index (χ0) is 12.8. The smallest absolute Gasteiger partial charge is 0.106 e. The first-order chi connectivity index (χ1) is 8.83. The van der Waals surface area contributed by atoms with Crippen molar-refractivity contribution >= 4 is 0 Å². The predicted octanol–water partition coefficient (Wildman–Crippen LogP) is 1.32. The third-order valence-corrected chi connectivity index (χ3v) is 3.14. The van der Waals surface area contributed by atoms with Crippen LogP contribution < -0.4 is 0 Å². The molecule has 2 rings (SSSR count). The van der Waals surface area contributed by atoms with Crippen LogP contribution in [0.4, 0.5) is 0 Å². The zero-order valence-corrected chi connectivity index (χ0v) is 10.7. The summed E-state index contributed by atoms with van der Waals surface area (Å²) in [6, 6.07) is 7.93.